The molecule has 1 aliphatic rings. The fraction of sp³-hybridized carbons (Fsp3) is 0.0909. The number of carbonyl (C=O) groups is 3. The molecular weight excluding hydrogens is 454 g/mol. The lowest BCUT2D eigenvalue weighted by Gasteiger charge is -2.12. The predicted octanol–water partition coefficient (Wildman–Crippen LogP) is 4.58. The first kappa shape index (κ1) is 21.6. The molecular formula is C22H15NO7S2. The third-order valence-electron chi connectivity index (χ3n) is 4.59. The second-order valence-electron chi connectivity index (χ2n) is 6.73. The van der Waals surface area contributed by atoms with Crippen LogP contribution in [0.25, 0.3) is 28.7 Å². The van der Waals surface area contributed by atoms with E-state index in [9.17, 15) is 14.4 Å². The quantitative estimate of drug-likeness (QED) is 0.378. The van der Waals surface area contributed by atoms with Gasteiger partial charge in [-0.2, -0.15) is 0 Å². The number of furan rings is 2. The van der Waals surface area contributed by atoms with Crippen LogP contribution in [0.15, 0.2) is 62.3 Å². The average Bonchev–Trinajstić information content (AvgIpc) is 3.48. The summed E-state index contributed by atoms with van der Waals surface area (Å²) in [6.45, 7) is 0.0245. The van der Waals surface area contributed by atoms with Crippen molar-refractivity contribution >= 4 is 52.2 Å². The number of nitrogens with zero attached hydrogens (tertiary/aromatic N) is 1. The topological polar surface area (TPSA) is 121 Å². The molecule has 0 bridgehead atoms. The summed E-state index contributed by atoms with van der Waals surface area (Å²) in [5.41, 5.74) is 1.51. The number of rotatable bonds is 7. The Morgan fingerprint density at radius 1 is 0.969 bits per heavy atom. The lowest BCUT2D eigenvalue weighted by Crippen LogP contribution is -2.30. The molecule has 0 aliphatic carbocycles. The van der Waals surface area contributed by atoms with Crippen molar-refractivity contribution in [3.8, 4) is 22.6 Å². The summed E-state index contributed by atoms with van der Waals surface area (Å²) in [6, 6.07) is 13.7. The number of thioether (sulfide) groups is 1. The molecule has 1 fully saturated rings. The lowest BCUT2D eigenvalue weighted by molar-refractivity contribution is -0.137. The largest absolute Gasteiger partial charge is 0.481 e. The van der Waals surface area contributed by atoms with E-state index in [2.05, 4.69) is 0 Å². The number of carboxylic acids is 2. The number of aromatic carboxylic acids is 1. The summed E-state index contributed by atoms with van der Waals surface area (Å²) in [5, 5.41) is 17.8. The summed E-state index contributed by atoms with van der Waals surface area (Å²) in [5.74, 6) is -1.13. The minimum absolute atomic E-state index is 0.0245. The highest BCUT2D eigenvalue weighted by Gasteiger charge is 2.32. The molecule has 1 aliphatic heterocycles. The Labute approximate surface area is 191 Å². The van der Waals surface area contributed by atoms with Gasteiger partial charge in [0.25, 0.3) is 5.91 Å². The van der Waals surface area contributed by atoms with Crippen LogP contribution in [0.3, 0.4) is 0 Å². The summed E-state index contributed by atoms with van der Waals surface area (Å²) < 4.78 is 11.4. The highest BCUT2D eigenvalue weighted by atomic mass is 32.2. The van der Waals surface area contributed by atoms with Crippen LogP contribution in [0.4, 0.5) is 0 Å². The van der Waals surface area contributed by atoms with E-state index >= 15 is 0 Å². The Balaban J connectivity index is 1.49. The molecule has 2 N–H and O–H groups in total. The minimum Gasteiger partial charge on any atom is -0.481 e. The van der Waals surface area contributed by atoms with E-state index < -0.39 is 11.9 Å². The van der Waals surface area contributed by atoms with Crippen molar-refractivity contribution in [2.24, 2.45) is 0 Å². The van der Waals surface area contributed by atoms with E-state index in [1.54, 1.807) is 36.4 Å². The molecule has 0 unspecified atom stereocenters. The molecule has 0 spiro atoms. The zero-order valence-corrected chi connectivity index (χ0v) is 17.9. The molecule has 1 aromatic carbocycles. The smallest absolute Gasteiger partial charge is 0.371 e. The SMILES string of the molecule is O=C(O)CCN1C(=O)/C(=C/c2ccc(-c3ccc(-c4ccc(C(=O)O)o4)cc3)o2)SC1=S. The molecule has 4 rings (SSSR count). The van der Waals surface area contributed by atoms with E-state index in [4.69, 9.17) is 31.3 Å². The molecule has 1 saturated heterocycles. The van der Waals surface area contributed by atoms with Crippen molar-refractivity contribution in [2.45, 2.75) is 6.42 Å². The van der Waals surface area contributed by atoms with Gasteiger partial charge in [-0.05, 0) is 24.3 Å². The normalized spacial score (nSPS) is 15.0. The number of carboxylic acid groups (broad SMARTS) is 2. The minimum atomic E-state index is -1.13. The Morgan fingerprint density at radius 2 is 1.59 bits per heavy atom. The Kier molecular flexibility index (Phi) is 5.97. The first-order valence-corrected chi connectivity index (χ1v) is 10.6. The molecule has 2 aromatic heterocycles. The van der Waals surface area contributed by atoms with E-state index in [-0.39, 0.29) is 24.6 Å². The molecule has 10 heteroatoms. The van der Waals surface area contributed by atoms with Crippen LogP contribution in [0.1, 0.15) is 22.7 Å². The van der Waals surface area contributed by atoms with Crippen LogP contribution in [0.5, 0.6) is 0 Å². The maximum atomic E-state index is 12.5. The van der Waals surface area contributed by atoms with Crippen LogP contribution >= 0.6 is 24.0 Å². The second-order valence-corrected chi connectivity index (χ2v) is 8.40. The van der Waals surface area contributed by atoms with Crippen molar-refractivity contribution in [2.75, 3.05) is 6.54 Å². The zero-order chi connectivity index (χ0) is 22.8. The number of hydrogen-bond acceptors (Lipinski definition) is 7. The fourth-order valence-electron chi connectivity index (χ4n) is 3.02. The molecule has 3 heterocycles. The summed E-state index contributed by atoms with van der Waals surface area (Å²) in [6.07, 6.45) is 1.39. The molecule has 32 heavy (non-hydrogen) atoms. The Hall–Kier alpha value is -3.63. The first-order valence-electron chi connectivity index (χ1n) is 9.33. The summed E-state index contributed by atoms with van der Waals surface area (Å²) in [7, 11) is 0. The van der Waals surface area contributed by atoms with Gasteiger partial charge in [-0.1, -0.05) is 48.2 Å². The standard InChI is InChI=1S/C22H15NO7S2/c24-19(25)9-10-23-20(26)18(32-22(23)31)11-14-5-6-15(29-14)12-1-3-13(4-2-12)16-7-8-17(30-16)21(27)28/h1-8,11H,9-10H2,(H,24,25)(H,27,28)/b18-11-. The van der Waals surface area contributed by atoms with Gasteiger partial charge in [-0.3, -0.25) is 14.5 Å². The highest BCUT2D eigenvalue weighted by molar-refractivity contribution is 8.26. The molecule has 3 aromatic rings. The number of benzene rings is 1. The molecule has 0 saturated carbocycles. The van der Waals surface area contributed by atoms with E-state index in [1.807, 2.05) is 12.1 Å². The lowest BCUT2D eigenvalue weighted by atomic mass is 10.1. The Morgan fingerprint density at radius 3 is 2.19 bits per heavy atom. The number of hydrogen-bond donors (Lipinski definition) is 2. The van der Waals surface area contributed by atoms with Gasteiger partial charge in [-0.15, -0.1) is 0 Å². The van der Waals surface area contributed by atoms with Crippen LogP contribution in [0.2, 0.25) is 0 Å². The molecule has 8 nitrogen and oxygen atoms in total. The highest BCUT2D eigenvalue weighted by Crippen LogP contribution is 2.34. The average molecular weight is 469 g/mol. The van der Waals surface area contributed by atoms with E-state index in [1.165, 1.54) is 11.0 Å². The van der Waals surface area contributed by atoms with Gasteiger partial charge in [0.05, 0.1) is 11.3 Å². The number of amides is 1. The van der Waals surface area contributed by atoms with Gasteiger partial charge in [0, 0.05) is 23.7 Å². The van der Waals surface area contributed by atoms with Gasteiger partial charge in [0.1, 0.15) is 21.6 Å². The van der Waals surface area contributed by atoms with Crippen molar-refractivity contribution in [3.05, 3.63) is 65.0 Å². The summed E-state index contributed by atoms with van der Waals surface area (Å²) in [4.78, 5) is 35.9. The third kappa shape index (κ3) is 4.51. The van der Waals surface area contributed by atoms with Gasteiger partial charge in [0.15, 0.2) is 0 Å². The third-order valence-corrected chi connectivity index (χ3v) is 5.97. The van der Waals surface area contributed by atoms with Crippen LogP contribution < -0.4 is 0 Å². The van der Waals surface area contributed by atoms with Crippen molar-refractivity contribution in [1.82, 2.24) is 4.90 Å². The maximum Gasteiger partial charge on any atom is 0.371 e. The molecule has 0 atom stereocenters. The van der Waals surface area contributed by atoms with Crippen LogP contribution in [-0.2, 0) is 9.59 Å². The van der Waals surface area contributed by atoms with Crippen LogP contribution in [0, 0.1) is 0 Å². The predicted molar refractivity (Wildman–Crippen MR) is 121 cm³/mol. The molecule has 162 valence electrons. The van der Waals surface area contributed by atoms with Crippen molar-refractivity contribution in [1.29, 1.82) is 0 Å². The first-order chi connectivity index (χ1) is 15.3. The van der Waals surface area contributed by atoms with Crippen molar-refractivity contribution in [3.63, 3.8) is 0 Å². The van der Waals surface area contributed by atoms with E-state index in [0.717, 1.165) is 22.9 Å². The van der Waals surface area contributed by atoms with Gasteiger partial charge in [-0.25, -0.2) is 4.79 Å². The number of carbonyl (C=O) groups excluding carboxylic acids is 1. The number of aliphatic carboxylic acids is 1. The molecule has 1 amide bonds. The number of thiocarbonyl (C=S) groups is 1. The van der Waals surface area contributed by atoms with E-state index in [0.29, 0.717) is 26.5 Å². The van der Waals surface area contributed by atoms with Crippen molar-refractivity contribution < 1.29 is 33.4 Å². The van der Waals surface area contributed by atoms with Crippen LogP contribution in [-0.4, -0.2) is 43.8 Å². The maximum absolute atomic E-state index is 12.5. The Bertz CT molecular complexity index is 1250. The zero-order valence-electron chi connectivity index (χ0n) is 16.3. The molecule has 0 radical (unpaired) electrons. The van der Waals surface area contributed by atoms with Gasteiger partial charge >= 0.3 is 11.9 Å². The second kappa shape index (κ2) is 8.85. The monoisotopic (exact) mass is 469 g/mol. The fourth-order valence-corrected chi connectivity index (χ4v) is 4.31. The summed E-state index contributed by atoms with van der Waals surface area (Å²) >= 11 is 6.28. The van der Waals surface area contributed by atoms with Gasteiger partial charge in [0.2, 0.25) is 5.76 Å². The van der Waals surface area contributed by atoms with Gasteiger partial charge < -0.3 is 19.0 Å².